The monoisotopic (exact) mass is 234 g/mol. The lowest BCUT2D eigenvalue weighted by Gasteiger charge is -2.22. The van der Waals surface area contributed by atoms with Crippen LogP contribution in [-0.4, -0.2) is 37.7 Å². The summed E-state index contributed by atoms with van der Waals surface area (Å²) in [5, 5.41) is 0. The first kappa shape index (κ1) is 12.1. The van der Waals surface area contributed by atoms with E-state index in [-0.39, 0.29) is 0 Å². The summed E-state index contributed by atoms with van der Waals surface area (Å²) in [4.78, 5) is 13.0. The van der Waals surface area contributed by atoms with Gasteiger partial charge in [-0.15, -0.1) is 0 Å². The van der Waals surface area contributed by atoms with Gasteiger partial charge in [0.05, 0.1) is 0 Å². The van der Waals surface area contributed by atoms with Gasteiger partial charge < -0.3 is 9.80 Å². The van der Waals surface area contributed by atoms with Crippen molar-refractivity contribution in [1.29, 1.82) is 0 Å². The van der Waals surface area contributed by atoms with Crippen molar-refractivity contribution in [2.45, 2.75) is 25.7 Å². The highest BCUT2D eigenvalue weighted by Gasteiger charge is 2.17. The number of nitrogens with zero attached hydrogens (tertiary/aromatic N) is 4. The summed E-state index contributed by atoms with van der Waals surface area (Å²) in [5.41, 5.74) is 0. The Balaban J connectivity index is 2.02. The molecule has 0 aliphatic heterocycles. The van der Waals surface area contributed by atoms with E-state index in [0.29, 0.717) is 0 Å². The zero-order chi connectivity index (χ0) is 12.3. The minimum atomic E-state index is 0.778. The molecule has 1 aliphatic rings. The largest absolute Gasteiger partial charge is 0.359 e. The van der Waals surface area contributed by atoms with E-state index >= 15 is 0 Å². The fraction of sp³-hybridized carbons (Fsp3) is 0.692. The lowest BCUT2D eigenvalue weighted by atomic mass is 10.1. The van der Waals surface area contributed by atoms with Gasteiger partial charge in [-0.25, -0.2) is 4.98 Å². The van der Waals surface area contributed by atoms with E-state index in [2.05, 4.69) is 21.9 Å². The summed E-state index contributed by atoms with van der Waals surface area (Å²) in [5.74, 6) is 2.65. The predicted octanol–water partition coefficient (Wildman–Crippen LogP) is 2.17. The molecule has 94 valence electrons. The molecule has 1 aromatic rings. The van der Waals surface area contributed by atoms with Gasteiger partial charge in [0.2, 0.25) is 5.95 Å². The second kappa shape index (κ2) is 5.34. The summed E-state index contributed by atoms with van der Waals surface area (Å²) in [6.07, 6.45) is 7.37. The van der Waals surface area contributed by atoms with E-state index in [1.807, 2.05) is 31.3 Å². The summed E-state index contributed by atoms with van der Waals surface area (Å²) in [6.45, 7) is 1.11. The van der Waals surface area contributed by atoms with E-state index < -0.39 is 0 Å². The van der Waals surface area contributed by atoms with Crippen LogP contribution in [0.2, 0.25) is 0 Å². The smallest absolute Gasteiger partial charge is 0.226 e. The van der Waals surface area contributed by atoms with Crippen molar-refractivity contribution in [2.75, 3.05) is 37.5 Å². The molecule has 1 heterocycles. The Morgan fingerprint density at radius 3 is 2.59 bits per heavy atom. The van der Waals surface area contributed by atoms with Crippen LogP contribution in [0.5, 0.6) is 0 Å². The predicted molar refractivity (Wildman–Crippen MR) is 71.6 cm³/mol. The second-order valence-corrected chi connectivity index (χ2v) is 5.14. The molecule has 0 bridgehead atoms. The summed E-state index contributed by atoms with van der Waals surface area (Å²) in [7, 11) is 6.06. The molecule has 4 nitrogen and oxygen atoms in total. The van der Waals surface area contributed by atoms with Crippen molar-refractivity contribution < 1.29 is 0 Å². The summed E-state index contributed by atoms with van der Waals surface area (Å²) < 4.78 is 0. The Hall–Kier alpha value is -1.32. The van der Waals surface area contributed by atoms with Gasteiger partial charge in [-0.1, -0.05) is 12.8 Å². The van der Waals surface area contributed by atoms with Crippen molar-refractivity contribution >= 4 is 11.8 Å². The highest BCUT2D eigenvalue weighted by Crippen LogP contribution is 2.26. The zero-order valence-electron chi connectivity index (χ0n) is 11.1. The first-order valence-corrected chi connectivity index (χ1v) is 6.38. The SMILES string of the molecule is CN(C)c1nccc(N(C)CC2CCCC2)n1. The van der Waals surface area contributed by atoms with Crippen LogP contribution >= 0.6 is 0 Å². The van der Waals surface area contributed by atoms with Crippen LogP contribution in [0.3, 0.4) is 0 Å². The molecular formula is C13H22N4. The molecule has 1 saturated carbocycles. The molecule has 17 heavy (non-hydrogen) atoms. The zero-order valence-corrected chi connectivity index (χ0v) is 11.1. The molecule has 0 amide bonds. The number of aromatic nitrogens is 2. The maximum Gasteiger partial charge on any atom is 0.226 e. The van der Waals surface area contributed by atoms with Crippen LogP contribution in [0.25, 0.3) is 0 Å². The third kappa shape index (κ3) is 3.08. The fourth-order valence-electron chi connectivity index (χ4n) is 2.44. The third-order valence-electron chi connectivity index (χ3n) is 3.43. The molecule has 0 N–H and O–H groups in total. The fourth-order valence-corrected chi connectivity index (χ4v) is 2.44. The van der Waals surface area contributed by atoms with Gasteiger partial charge in [-0.2, -0.15) is 4.98 Å². The molecule has 0 saturated heterocycles. The quantitative estimate of drug-likeness (QED) is 0.799. The molecule has 2 rings (SSSR count). The highest BCUT2D eigenvalue weighted by atomic mass is 15.3. The maximum absolute atomic E-state index is 4.55. The summed E-state index contributed by atoms with van der Waals surface area (Å²) >= 11 is 0. The maximum atomic E-state index is 4.55. The van der Waals surface area contributed by atoms with E-state index in [0.717, 1.165) is 24.2 Å². The molecule has 4 heteroatoms. The molecule has 0 unspecified atom stereocenters. The first-order chi connectivity index (χ1) is 8.16. The Kier molecular flexibility index (Phi) is 3.82. The molecule has 0 radical (unpaired) electrons. The lowest BCUT2D eigenvalue weighted by molar-refractivity contribution is 0.545. The van der Waals surface area contributed by atoms with Crippen LogP contribution in [0.4, 0.5) is 11.8 Å². The Morgan fingerprint density at radius 2 is 1.94 bits per heavy atom. The third-order valence-corrected chi connectivity index (χ3v) is 3.43. The number of rotatable bonds is 4. The lowest BCUT2D eigenvalue weighted by Crippen LogP contribution is -2.25. The molecule has 1 aromatic heterocycles. The number of hydrogen-bond donors (Lipinski definition) is 0. The second-order valence-electron chi connectivity index (χ2n) is 5.14. The van der Waals surface area contributed by atoms with Crippen LogP contribution in [-0.2, 0) is 0 Å². The van der Waals surface area contributed by atoms with Gasteiger partial charge in [0.25, 0.3) is 0 Å². The number of hydrogen-bond acceptors (Lipinski definition) is 4. The van der Waals surface area contributed by atoms with Crippen molar-refractivity contribution in [3.8, 4) is 0 Å². The minimum absolute atomic E-state index is 0.778. The molecular weight excluding hydrogens is 212 g/mol. The summed E-state index contributed by atoms with van der Waals surface area (Å²) in [6, 6.07) is 1.99. The van der Waals surface area contributed by atoms with Gasteiger partial charge in [0, 0.05) is 33.9 Å². The van der Waals surface area contributed by atoms with Gasteiger partial charge in [0.1, 0.15) is 5.82 Å². The van der Waals surface area contributed by atoms with Crippen molar-refractivity contribution in [2.24, 2.45) is 5.92 Å². The molecule has 1 aliphatic carbocycles. The Morgan fingerprint density at radius 1 is 1.24 bits per heavy atom. The van der Waals surface area contributed by atoms with E-state index in [4.69, 9.17) is 0 Å². The highest BCUT2D eigenvalue weighted by molar-refractivity contribution is 5.42. The molecule has 1 fully saturated rings. The average Bonchev–Trinajstić information content (AvgIpc) is 2.82. The molecule has 0 spiro atoms. The Labute approximate surface area is 104 Å². The van der Waals surface area contributed by atoms with Gasteiger partial charge >= 0.3 is 0 Å². The normalized spacial score (nSPS) is 16.2. The van der Waals surface area contributed by atoms with E-state index in [1.165, 1.54) is 25.7 Å². The van der Waals surface area contributed by atoms with Crippen LogP contribution in [0.15, 0.2) is 12.3 Å². The molecule has 0 aromatic carbocycles. The standard InChI is InChI=1S/C13H22N4/c1-16(2)13-14-9-8-12(15-13)17(3)10-11-6-4-5-7-11/h8-9,11H,4-7,10H2,1-3H3. The average molecular weight is 234 g/mol. The van der Waals surface area contributed by atoms with Crippen LogP contribution < -0.4 is 9.80 Å². The minimum Gasteiger partial charge on any atom is -0.359 e. The van der Waals surface area contributed by atoms with Gasteiger partial charge in [-0.3, -0.25) is 0 Å². The molecule has 0 atom stereocenters. The van der Waals surface area contributed by atoms with Crippen LogP contribution in [0, 0.1) is 5.92 Å². The topological polar surface area (TPSA) is 32.3 Å². The van der Waals surface area contributed by atoms with Crippen molar-refractivity contribution in [1.82, 2.24) is 9.97 Å². The number of anilines is 2. The van der Waals surface area contributed by atoms with E-state index in [9.17, 15) is 0 Å². The van der Waals surface area contributed by atoms with Crippen molar-refractivity contribution in [3.63, 3.8) is 0 Å². The van der Waals surface area contributed by atoms with E-state index in [1.54, 1.807) is 0 Å². The van der Waals surface area contributed by atoms with Crippen LogP contribution in [0.1, 0.15) is 25.7 Å². The Bertz CT molecular complexity index is 358. The van der Waals surface area contributed by atoms with Gasteiger partial charge in [0.15, 0.2) is 0 Å². The van der Waals surface area contributed by atoms with Crippen molar-refractivity contribution in [3.05, 3.63) is 12.3 Å². The first-order valence-electron chi connectivity index (χ1n) is 6.38. The van der Waals surface area contributed by atoms with Gasteiger partial charge in [-0.05, 0) is 24.8 Å².